The molecule has 7 heteroatoms. The van der Waals surface area contributed by atoms with Crippen LogP contribution in [0.1, 0.15) is 71.9 Å². The first-order chi connectivity index (χ1) is 27.2. The third-order valence-electron chi connectivity index (χ3n) is 11.6. The van der Waals surface area contributed by atoms with Crippen molar-refractivity contribution < 1.29 is 23.6 Å². The predicted octanol–water partition coefficient (Wildman–Crippen LogP) is 11.4. The maximum atomic E-state index is 12.3. The van der Waals surface area contributed by atoms with Gasteiger partial charge in [0.25, 0.3) is 0 Å². The zero-order valence-electron chi connectivity index (χ0n) is 34.0. The van der Waals surface area contributed by atoms with Crippen molar-refractivity contribution >= 4 is 62.2 Å². The predicted molar refractivity (Wildman–Crippen MR) is 235 cm³/mol. The summed E-state index contributed by atoms with van der Waals surface area (Å²) in [5.74, 6) is -0.768. The summed E-state index contributed by atoms with van der Waals surface area (Å²) in [6, 6.07) is 25.7. The zero-order chi connectivity index (χ0) is 40.6. The van der Waals surface area contributed by atoms with Gasteiger partial charge in [0.05, 0.1) is 12.0 Å². The van der Waals surface area contributed by atoms with E-state index in [1.807, 2.05) is 0 Å². The number of benzene rings is 4. The Balaban J connectivity index is 1.24. The van der Waals surface area contributed by atoms with Crippen molar-refractivity contribution in [3.63, 3.8) is 0 Å². The number of allylic oxidation sites excluding steroid dienone is 8. The van der Waals surface area contributed by atoms with E-state index in [1.54, 1.807) is 13.8 Å². The van der Waals surface area contributed by atoms with Crippen molar-refractivity contribution in [2.45, 2.75) is 71.6 Å². The number of hydrogen-bond acceptors (Lipinski definition) is 5. The first-order valence-electron chi connectivity index (χ1n) is 19.8. The maximum absolute atomic E-state index is 12.3. The lowest BCUT2D eigenvalue weighted by Gasteiger charge is -2.27. The number of fused-ring (bicyclic) bond motifs is 6. The molecule has 4 aromatic rings. The van der Waals surface area contributed by atoms with Gasteiger partial charge in [-0.05, 0) is 103 Å². The minimum Gasteiger partial charge on any atom is -0.460 e. The Morgan fingerprint density at radius 1 is 0.772 bits per heavy atom. The molecule has 0 unspecified atom stereocenters. The highest BCUT2D eigenvalue weighted by atomic mass is 35.5. The van der Waals surface area contributed by atoms with Crippen molar-refractivity contribution in [2.24, 2.45) is 0 Å². The standard InChI is InChI=1S/C50H52ClN2O4/c1-32(2)47(54)56-30-28-52-40-24-20-34-14-9-11-18-38(34)44(40)49(5,6)42(52)26-22-36-16-13-17-37(46(36)51)23-27-43-50(7,8)45-39-19-12-10-15-35(39)21-25-41(45)53(43)29-31-57-48(55)33(3)4/h9-12,14-15,18-27H,1,3,13,16-17,28-31H2,2,4-8H3/q+1. The molecule has 0 fully saturated rings. The Labute approximate surface area is 341 Å². The largest absolute Gasteiger partial charge is 0.460 e. The van der Waals surface area contributed by atoms with Crippen molar-refractivity contribution in [2.75, 3.05) is 31.2 Å². The summed E-state index contributed by atoms with van der Waals surface area (Å²) < 4.78 is 13.5. The summed E-state index contributed by atoms with van der Waals surface area (Å²) >= 11 is 7.33. The number of carbonyl (C=O) groups is 2. The molecular weight excluding hydrogens is 728 g/mol. The van der Waals surface area contributed by atoms with Crippen LogP contribution in [0.5, 0.6) is 0 Å². The molecule has 292 valence electrons. The molecule has 7 rings (SSSR count). The lowest BCUT2D eigenvalue weighted by Crippen LogP contribution is -2.29. The van der Waals surface area contributed by atoms with Crippen molar-refractivity contribution in [1.29, 1.82) is 0 Å². The van der Waals surface area contributed by atoms with E-state index in [2.05, 4.69) is 147 Å². The molecule has 0 atom stereocenters. The number of rotatable bonds is 11. The molecular formula is C50H52ClN2O4+. The van der Waals surface area contributed by atoms with Gasteiger partial charge in [0.15, 0.2) is 18.9 Å². The number of halogens is 1. The molecule has 0 bridgehead atoms. The molecule has 0 radical (unpaired) electrons. The van der Waals surface area contributed by atoms with E-state index in [-0.39, 0.29) is 36.0 Å². The smallest absolute Gasteiger partial charge is 0.333 e. The molecule has 1 aliphatic carbocycles. The number of carbonyl (C=O) groups excluding carboxylic acids is 2. The lowest BCUT2D eigenvalue weighted by atomic mass is 9.78. The molecule has 3 aliphatic rings. The summed E-state index contributed by atoms with van der Waals surface area (Å²) in [5, 5.41) is 5.59. The van der Waals surface area contributed by atoms with Crippen LogP contribution in [0.3, 0.4) is 0 Å². The summed E-state index contributed by atoms with van der Waals surface area (Å²) in [7, 11) is 0. The molecule has 2 aliphatic heterocycles. The Morgan fingerprint density at radius 3 is 2.05 bits per heavy atom. The summed E-state index contributed by atoms with van der Waals surface area (Å²) in [4.78, 5) is 26.9. The van der Waals surface area contributed by atoms with Crippen LogP contribution in [-0.4, -0.2) is 48.5 Å². The van der Waals surface area contributed by atoms with Crippen LogP contribution >= 0.6 is 11.6 Å². The van der Waals surface area contributed by atoms with Crippen LogP contribution in [0.15, 0.2) is 143 Å². The average Bonchev–Trinajstić information content (AvgIpc) is 3.54. The highest BCUT2D eigenvalue weighted by Crippen LogP contribution is 2.51. The van der Waals surface area contributed by atoms with E-state index in [9.17, 15) is 9.59 Å². The number of hydrogen-bond donors (Lipinski definition) is 0. The van der Waals surface area contributed by atoms with Crippen LogP contribution in [0.25, 0.3) is 21.5 Å². The number of ether oxygens (including phenoxy) is 2. The Hall–Kier alpha value is -5.46. The highest BCUT2D eigenvalue weighted by molar-refractivity contribution is 6.32. The number of esters is 2. The van der Waals surface area contributed by atoms with Crippen molar-refractivity contribution in [3.05, 3.63) is 154 Å². The summed E-state index contributed by atoms with van der Waals surface area (Å²) in [6.45, 7) is 21.4. The third-order valence-corrected chi connectivity index (χ3v) is 12.1. The molecule has 2 heterocycles. The quantitative estimate of drug-likeness (QED) is 0.0862. The van der Waals surface area contributed by atoms with Gasteiger partial charge in [0.2, 0.25) is 5.69 Å². The second-order valence-electron chi connectivity index (χ2n) is 16.4. The SMILES string of the molecule is C=C(C)C(=O)OCCN1C(=CC=C2CCCC(C=CC3=[N+](CCOC(=O)C(=C)C)c4ccc5ccccc5c4C3(C)C)=C2Cl)C(C)(C)c2c1ccc1ccccc21. The summed E-state index contributed by atoms with van der Waals surface area (Å²) in [5.41, 5.74) is 9.30. The fourth-order valence-corrected chi connectivity index (χ4v) is 9.14. The lowest BCUT2D eigenvalue weighted by molar-refractivity contribution is -0.440. The van der Waals surface area contributed by atoms with Crippen LogP contribution in [0, 0.1) is 0 Å². The van der Waals surface area contributed by atoms with Gasteiger partial charge in [0.1, 0.15) is 6.61 Å². The van der Waals surface area contributed by atoms with Gasteiger partial charge >= 0.3 is 11.9 Å². The molecule has 57 heavy (non-hydrogen) atoms. The average molecular weight is 780 g/mol. The van der Waals surface area contributed by atoms with Crippen LogP contribution in [0.4, 0.5) is 11.4 Å². The van der Waals surface area contributed by atoms with E-state index in [1.165, 1.54) is 32.7 Å². The van der Waals surface area contributed by atoms with E-state index < -0.39 is 0 Å². The zero-order valence-corrected chi connectivity index (χ0v) is 34.8. The molecule has 4 aromatic carbocycles. The fraction of sp³-hybridized carbons (Fsp3) is 0.300. The van der Waals surface area contributed by atoms with Crippen molar-refractivity contribution in [3.8, 4) is 0 Å². The minimum atomic E-state index is -0.384. The molecule has 0 aromatic heterocycles. The van der Waals surface area contributed by atoms with Gasteiger partial charge < -0.3 is 14.4 Å². The van der Waals surface area contributed by atoms with Gasteiger partial charge in [0, 0.05) is 50.7 Å². The van der Waals surface area contributed by atoms with Crippen LogP contribution in [0.2, 0.25) is 0 Å². The Bertz CT molecular complexity index is 2510. The summed E-state index contributed by atoms with van der Waals surface area (Å²) in [6.07, 6.45) is 11.5. The maximum Gasteiger partial charge on any atom is 0.333 e. The third kappa shape index (κ3) is 7.44. The molecule has 0 saturated carbocycles. The van der Waals surface area contributed by atoms with Gasteiger partial charge in [-0.15, -0.1) is 0 Å². The Morgan fingerprint density at radius 2 is 1.39 bits per heavy atom. The second-order valence-corrected chi connectivity index (χ2v) is 16.8. The van der Waals surface area contributed by atoms with Gasteiger partial charge in [-0.1, -0.05) is 105 Å². The van der Waals surface area contributed by atoms with Gasteiger partial charge in [-0.3, -0.25) is 0 Å². The molecule has 0 spiro atoms. The van der Waals surface area contributed by atoms with Gasteiger partial charge in [-0.25, -0.2) is 9.59 Å². The number of anilines is 1. The fourth-order valence-electron chi connectivity index (χ4n) is 8.83. The molecule has 0 saturated heterocycles. The van der Waals surface area contributed by atoms with E-state index in [0.29, 0.717) is 24.2 Å². The van der Waals surface area contributed by atoms with Crippen LogP contribution < -0.4 is 4.90 Å². The molecule has 6 nitrogen and oxygen atoms in total. The first-order valence-corrected chi connectivity index (χ1v) is 20.2. The topological polar surface area (TPSA) is 58.9 Å². The van der Waals surface area contributed by atoms with Crippen molar-refractivity contribution in [1.82, 2.24) is 0 Å². The number of nitrogens with zero attached hydrogens (tertiary/aromatic N) is 2. The minimum absolute atomic E-state index is 0.236. The highest BCUT2D eigenvalue weighted by Gasteiger charge is 2.46. The van der Waals surface area contributed by atoms with Crippen LogP contribution in [-0.2, 0) is 29.9 Å². The van der Waals surface area contributed by atoms with E-state index in [4.69, 9.17) is 21.1 Å². The molecule has 0 amide bonds. The molecule has 0 N–H and O–H groups in total. The normalized spacial score (nSPS) is 18.5. The van der Waals surface area contributed by atoms with E-state index >= 15 is 0 Å². The van der Waals surface area contributed by atoms with Gasteiger partial charge in [-0.2, -0.15) is 4.58 Å². The Kier molecular flexibility index (Phi) is 11.0. The monoisotopic (exact) mass is 779 g/mol. The first kappa shape index (κ1) is 39.8. The van der Waals surface area contributed by atoms with E-state index in [0.717, 1.165) is 58.2 Å². The second kappa shape index (κ2) is 15.8.